The third-order valence-corrected chi connectivity index (χ3v) is 3.88. The molecule has 0 aliphatic carbocycles. The van der Waals surface area contributed by atoms with Gasteiger partial charge in [-0.15, -0.1) is 0 Å². The van der Waals surface area contributed by atoms with Gasteiger partial charge in [0, 0.05) is 22.7 Å². The molecule has 0 aliphatic heterocycles. The van der Waals surface area contributed by atoms with Gasteiger partial charge in [-0.05, 0) is 37.6 Å². The highest BCUT2D eigenvalue weighted by Crippen LogP contribution is 2.22. The Morgan fingerprint density at radius 3 is 2.62 bits per heavy atom. The lowest BCUT2D eigenvalue weighted by Crippen LogP contribution is -2.24. The highest BCUT2D eigenvalue weighted by atomic mass is 16.5. The summed E-state index contributed by atoms with van der Waals surface area (Å²) in [5, 5.41) is 10.6. The number of benzene rings is 2. The number of carbonyl (C=O) groups excluding carboxylic acids is 2. The van der Waals surface area contributed by atoms with E-state index in [1.54, 1.807) is 19.2 Å². The normalized spacial score (nSPS) is 12.1. The molecule has 1 aromatic heterocycles. The Bertz CT molecular complexity index is 926. The van der Waals surface area contributed by atoms with E-state index in [1.165, 1.54) is 19.1 Å². The van der Waals surface area contributed by atoms with Gasteiger partial charge >= 0.3 is 5.97 Å². The molecule has 0 saturated carbocycles. The molecule has 0 aliphatic rings. The summed E-state index contributed by atoms with van der Waals surface area (Å²) in [5.41, 5.74) is 2.18. The van der Waals surface area contributed by atoms with E-state index in [-0.39, 0.29) is 17.1 Å². The highest BCUT2D eigenvalue weighted by Gasteiger charge is 2.24. The van der Waals surface area contributed by atoms with Crippen molar-refractivity contribution in [3.8, 4) is 5.75 Å². The van der Waals surface area contributed by atoms with Crippen molar-refractivity contribution < 1.29 is 19.4 Å². The average Bonchev–Trinajstić information content (AvgIpc) is 2.97. The molecule has 0 radical (unpaired) electrons. The number of aromatic amines is 1. The van der Waals surface area contributed by atoms with Crippen LogP contribution < -0.4 is 0 Å². The number of phenols is 1. The van der Waals surface area contributed by atoms with Crippen LogP contribution in [0.5, 0.6) is 5.75 Å². The van der Waals surface area contributed by atoms with Crippen LogP contribution in [-0.2, 0) is 4.74 Å². The van der Waals surface area contributed by atoms with E-state index in [0.29, 0.717) is 5.56 Å². The van der Waals surface area contributed by atoms with Crippen molar-refractivity contribution in [2.24, 2.45) is 0 Å². The van der Waals surface area contributed by atoms with E-state index in [4.69, 9.17) is 4.74 Å². The first-order chi connectivity index (χ1) is 11.5. The number of carbonyl (C=O) groups is 2. The fourth-order valence-electron chi connectivity index (χ4n) is 2.59. The van der Waals surface area contributed by atoms with Crippen LogP contribution in [0.3, 0.4) is 0 Å². The Balaban J connectivity index is 1.80. The van der Waals surface area contributed by atoms with Gasteiger partial charge in [-0.1, -0.05) is 24.3 Å². The number of ketones is 1. The molecule has 2 N–H and O–H groups in total. The molecule has 2 aromatic carbocycles. The molecule has 0 fully saturated rings. The third-order valence-electron chi connectivity index (χ3n) is 3.88. The first-order valence-corrected chi connectivity index (χ1v) is 7.58. The molecule has 3 rings (SSSR count). The largest absolute Gasteiger partial charge is 0.507 e. The zero-order valence-corrected chi connectivity index (χ0v) is 13.4. The van der Waals surface area contributed by atoms with Crippen molar-refractivity contribution in [1.82, 2.24) is 4.98 Å². The minimum atomic E-state index is -0.961. The number of ether oxygens (including phenoxy) is 1. The predicted molar refractivity (Wildman–Crippen MR) is 90.4 cm³/mol. The average molecular weight is 323 g/mol. The maximum absolute atomic E-state index is 12.6. The summed E-state index contributed by atoms with van der Waals surface area (Å²) in [6, 6.07) is 12.1. The van der Waals surface area contributed by atoms with Crippen LogP contribution in [0.4, 0.5) is 0 Å². The quantitative estimate of drug-likeness (QED) is 0.568. The zero-order valence-electron chi connectivity index (χ0n) is 13.4. The van der Waals surface area contributed by atoms with E-state index < -0.39 is 12.1 Å². The highest BCUT2D eigenvalue weighted by molar-refractivity contribution is 6.10. The minimum absolute atomic E-state index is 0.0409. The van der Waals surface area contributed by atoms with Crippen molar-refractivity contribution in [2.45, 2.75) is 20.0 Å². The number of aromatic nitrogens is 1. The standard InChI is InChI=1S/C19H17NO4/c1-11-7-8-14(17(21)9-11)19(23)24-12(2)18(22)15-10-20-16-6-4-3-5-13(15)16/h3-10,12,20-21H,1-2H3. The van der Waals surface area contributed by atoms with Crippen molar-refractivity contribution in [1.29, 1.82) is 0 Å². The summed E-state index contributed by atoms with van der Waals surface area (Å²) < 4.78 is 5.23. The summed E-state index contributed by atoms with van der Waals surface area (Å²) in [7, 11) is 0. The van der Waals surface area contributed by atoms with Crippen molar-refractivity contribution in [3.05, 3.63) is 65.4 Å². The molecule has 5 heteroatoms. The Labute approximate surface area is 138 Å². The summed E-state index contributed by atoms with van der Waals surface area (Å²) >= 11 is 0. The van der Waals surface area contributed by atoms with Crippen molar-refractivity contribution in [2.75, 3.05) is 0 Å². The third kappa shape index (κ3) is 2.88. The molecule has 1 atom stereocenters. The van der Waals surface area contributed by atoms with Crippen LogP contribution in [0.15, 0.2) is 48.7 Å². The van der Waals surface area contributed by atoms with Crippen LogP contribution in [0.1, 0.15) is 33.2 Å². The monoisotopic (exact) mass is 323 g/mol. The molecule has 0 spiro atoms. The topological polar surface area (TPSA) is 79.4 Å². The predicted octanol–water partition coefficient (Wildman–Crippen LogP) is 3.61. The summed E-state index contributed by atoms with van der Waals surface area (Å²) in [4.78, 5) is 27.8. The molecular formula is C19H17NO4. The molecule has 3 aromatic rings. The van der Waals surface area contributed by atoms with Gasteiger partial charge in [-0.25, -0.2) is 4.79 Å². The number of phenolic OH excluding ortho intramolecular Hbond substituents is 1. The molecule has 5 nitrogen and oxygen atoms in total. The number of H-pyrrole nitrogens is 1. The van der Waals surface area contributed by atoms with Gasteiger partial charge in [0.1, 0.15) is 11.3 Å². The van der Waals surface area contributed by atoms with E-state index in [2.05, 4.69) is 4.98 Å². The lowest BCUT2D eigenvalue weighted by molar-refractivity contribution is 0.0316. The van der Waals surface area contributed by atoms with Crippen LogP contribution in [-0.4, -0.2) is 27.9 Å². The van der Waals surface area contributed by atoms with Crippen LogP contribution >= 0.6 is 0 Å². The molecule has 0 saturated heterocycles. The molecular weight excluding hydrogens is 306 g/mol. The first kappa shape index (κ1) is 15.8. The van der Waals surface area contributed by atoms with Gasteiger partial charge in [0.05, 0.1) is 0 Å². The van der Waals surface area contributed by atoms with Crippen molar-refractivity contribution in [3.63, 3.8) is 0 Å². The zero-order chi connectivity index (χ0) is 17.3. The van der Waals surface area contributed by atoms with Gasteiger partial charge in [0.15, 0.2) is 6.10 Å². The summed E-state index contributed by atoms with van der Waals surface area (Å²) in [5.74, 6) is -1.19. The number of nitrogens with one attached hydrogen (secondary N) is 1. The number of para-hydroxylation sites is 1. The maximum Gasteiger partial charge on any atom is 0.342 e. The molecule has 1 unspecified atom stereocenters. The van der Waals surface area contributed by atoms with Gasteiger partial charge in [0.25, 0.3) is 0 Å². The number of hydrogen-bond acceptors (Lipinski definition) is 4. The van der Waals surface area contributed by atoms with Gasteiger partial charge in [-0.2, -0.15) is 0 Å². The molecule has 24 heavy (non-hydrogen) atoms. The Morgan fingerprint density at radius 1 is 1.12 bits per heavy atom. The van der Waals surface area contributed by atoms with Crippen LogP contribution in [0, 0.1) is 6.92 Å². The second-order valence-corrected chi connectivity index (χ2v) is 5.68. The van der Waals surface area contributed by atoms with E-state index in [0.717, 1.165) is 16.5 Å². The summed E-state index contributed by atoms with van der Waals surface area (Å²) in [6.07, 6.45) is 0.651. The maximum atomic E-state index is 12.6. The second-order valence-electron chi connectivity index (χ2n) is 5.68. The second kappa shape index (κ2) is 6.20. The SMILES string of the molecule is Cc1ccc(C(=O)OC(C)C(=O)c2c[nH]c3ccccc23)c(O)c1. The number of Topliss-reactive ketones (excluding diaryl/α,β-unsaturated/α-hetero) is 1. The number of rotatable bonds is 4. The number of aromatic hydroxyl groups is 1. The Morgan fingerprint density at radius 2 is 1.88 bits per heavy atom. The van der Waals surface area contributed by atoms with E-state index in [1.807, 2.05) is 24.3 Å². The number of hydrogen-bond donors (Lipinski definition) is 2. The number of fused-ring (bicyclic) bond motifs is 1. The molecule has 122 valence electrons. The van der Waals surface area contributed by atoms with Gasteiger partial charge < -0.3 is 14.8 Å². The Kier molecular flexibility index (Phi) is 4.08. The first-order valence-electron chi connectivity index (χ1n) is 7.58. The lowest BCUT2D eigenvalue weighted by Gasteiger charge is -2.13. The number of esters is 1. The number of aryl methyl sites for hydroxylation is 1. The Hall–Kier alpha value is -3.08. The van der Waals surface area contributed by atoms with Crippen LogP contribution in [0.2, 0.25) is 0 Å². The molecule has 1 heterocycles. The lowest BCUT2D eigenvalue weighted by atomic mass is 10.1. The minimum Gasteiger partial charge on any atom is -0.507 e. The van der Waals surface area contributed by atoms with Crippen molar-refractivity contribution >= 4 is 22.7 Å². The van der Waals surface area contributed by atoms with Crippen LogP contribution in [0.25, 0.3) is 10.9 Å². The fraction of sp³-hybridized carbons (Fsp3) is 0.158. The molecule has 0 amide bonds. The molecule has 0 bridgehead atoms. The van der Waals surface area contributed by atoms with E-state index >= 15 is 0 Å². The van der Waals surface area contributed by atoms with Gasteiger partial charge in [-0.3, -0.25) is 4.79 Å². The smallest absolute Gasteiger partial charge is 0.342 e. The fourth-order valence-corrected chi connectivity index (χ4v) is 2.59. The van der Waals surface area contributed by atoms with Gasteiger partial charge in [0.2, 0.25) is 5.78 Å². The summed E-state index contributed by atoms with van der Waals surface area (Å²) in [6.45, 7) is 3.32. The van der Waals surface area contributed by atoms with E-state index in [9.17, 15) is 14.7 Å².